The van der Waals surface area contributed by atoms with E-state index in [0.29, 0.717) is 0 Å². The molecule has 6 rings (SSSR count). The van der Waals surface area contributed by atoms with Crippen LogP contribution in [0, 0.1) is 0 Å². The summed E-state index contributed by atoms with van der Waals surface area (Å²) in [7, 11) is 11.0. The van der Waals surface area contributed by atoms with E-state index in [4.69, 9.17) is 17.0 Å². The van der Waals surface area contributed by atoms with E-state index in [1.165, 1.54) is 92.6 Å². The third-order valence-electron chi connectivity index (χ3n) is 8.17. The number of fused-ring (bicyclic) bond motifs is 2. The van der Waals surface area contributed by atoms with Crippen molar-refractivity contribution in [3.05, 3.63) is 132 Å². The van der Waals surface area contributed by atoms with Crippen molar-refractivity contribution in [1.29, 1.82) is 0 Å². The zero-order valence-electron chi connectivity index (χ0n) is 29.3. The van der Waals surface area contributed by atoms with Crippen LogP contribution in [0.4, 0.5) is 0 Å². The molecule has 0 bridgehead atoms. The second-order valence-electron chi connectivity index (χ2n) is 13.0. The summed E-state index contributed by atoms with van der Waals surface area (Å²) in [5.74, 6) is 0. The first-order valence-corrected chi connectivity index (χ1v) is 25.1. The normalized spacial score (nSPS) is 10.7. The van der Waals surface area contributed by atoms with Gasteiger partial charge in [-0.2, -0.15) is 18.2 Å². The number of rotatable bonds is 7. The van der Waals surface area contributed by atoms with Gasteiger partial charge in [0.25, 0.3) is 0 Å². The average Bonchev–Trinajstić information content (AvgIpc) is 3.72. The number of aryl methyl sites for hydroxylation is 2. The predicted molar refractivity (Wildman–Crippen MR) is 210 cm³/mol. The Morgan fingerprint density at radius 2 is 1.23 bits per heavy atom. The Kier molecular flexibility index (Phi) is 17.0. The second-order valence-corrected chi connectivity index (χ2v) is 17.7. The van der Waals surface area contributed by atoms with Crippen molar-refractivity contribution in [2.24, 2.45) is 0 Å². The van der Waals surface area contributed by atoms with Gasteiger partial charge in [-0.25, -0.2) is 0 Å². The van der Waals surface area contributed by atoms with Crippen LogP contribution in [0.25, 0.3) is 43.8 Å². The summed E-state index contributed by atoms with van der Waals surface area (Å²) in [4.78, 5) is 0. The maximum absolute atomic E-state index is 4.93. The molecular formula is C43H50Cl2SiZr. The number of hydrogen-bond acceptors (Lipinski definition) is 0. The number of halogens is 2. The fourth-order valence-electron chi connectivity index (χ4n) is 5.78. The predicted octanol–water partition coefficient (Wildman–Crippen LogP) is 14.2. The molecule has 4 heteroatoms. The van der Waals surface area contributed by atoms with Crippen molar-refractivity contribution in [2.45, 2.75) is 85.2 Å². The van der Waals surface area contributed by atoms with Gasteiger partial charge in [-0.1, -0.05) is 139 Å². The molecule has 0 fully saturated rings. The molecule has 47 heavy (non-hydrogen) atoms. The standard InChI is InChI=1S/C22H25.C19H19.C2H6Si.2ClH.Zr/c1-3-5-8-18-15-20-9-6-10-21(22(20)16-18)19-13-11-17(7-4-2)12-14-19;1-19(2,3)16-12-10-15(11-13-16)18-9-5-7-14-6-4-8-17(14)18;1-3-2;;;/h6,9-16H,3-5,7-8H2,1-2H3;4-13H,1-3H3;1-2H3;2*1H;/q2*-1;;;;+4/p-2. The number of unbranched alkanes of at least 4 members (excludes halogenated alkanes) is 1. The molecule has 0 aliphatic rings. The fraction of sp³-hybridized carbons (Fsp3) is 0.302. The van der Waals surface area contributed by atoms with Crippen molar-refractivity contribution >= 4 is 48.1 Å². The summed E-state index contributed by atoms with van der Waals surface area (Å²) in [5, 5.41) is 5.43. The molecule has 0 N–H and O–H groups in total. The van der Waals surface area contributed by atoms with Crippen LogP contribution >= 0.6 is 17.0 Å². The summed E-state index contributed by atoms with van der Waals surface area (Å²) >= 11 is -0.826. The molecule has 2 radical (unpaired) electrons. The molecule has 0 nitrogen and oxygen atoms in total. The molecule has 0 atom stereocenters. The van der Waals surface area contributed by atoms with Crippen molar-refractivity contribution in [3.8, 4) is 22.3 Å². The first-order valence-electron chi connectivity index (χ1n) is 16.8. The van der Waals surface area contributed by atoms with Gasteiger partial charge in [-0.05, 0) is 40.5 Å². The van der Waals surface area contributed by atoms with E-state index in [-0.39, 0.29) is 5.41 Å². The molecule has 0 amide bonds. The van der Waals surface area contributed by atoms with E-state index in [2.05, 4.69) is 163 Å². The molecule has 0 aliphatic heterocycles. The zero-order chi connectivity index (χ0) is 34.2. The molecule has 0 spiro atoms. The Morgan fingerprint density at radius 3 is 1.79 bits per heavy atom. The van der Waals surface area contributed by atoms with Crippen LogP contribution in [0.1, 0.15) is 70.6 Å². The van der Waals surface area contributed by atoms with E-state index in [1.54, 1.807) is 0 Å². The van der Waals surface area contributed by atoms with Crippen molar-refractivity contribution in [2.75, 3.05) is 0 Å². The minimum absolute atomic E-state index is 0.213. The number of benzene rings is 4. The first-order chi connectivity index (χ1) is 22.7. The van der Waals surface area contributed by atoms with Crippen LogP contribution < -0.4 is 0 Å². The molecule has 6 aromatic carbocycles. The molecule has 0 aliphatic carbocycles. The van der Waals surface area contributed by atoms with E-state index >= 15 is 0 Å². The van der Waals surface area contributed by atoms with Crippen molar-refractivity contribution in [1.82, 2.24) is 0 Å². The first kappa shape index (κ1) is 39.2. The van der Waals surface area contributed by atoms with Crippen LogP contribution in [-0.2, 0) is 39.1 Å². The topological polar surface area (TPSA) is 0 Å². The van der Waals surface area contributed by atoms with Gasteiger partial charge in [0.15, 0.2) is 0 Å². The molecule has 0 heterocycles. The Hall–Kier alpha value is -2.22. The van der Waals surface area contributed by atoms with Crippen LogP contribution in [0.3, 0.4) is 0 Å². The Bertz CT molecular complexity index is 1740. The van der Waals surface area contributed by atoms with Gasteiger partial charge in [0.1, 0.15) is 0 Å². The van der Waals surface area contributed by atoms with E-state index in [9.17, 15) is 0 Å². The third-order valence-corrected chi connectivity index (χ3v) is 8.17. The third kappa shape index (κ3) is 11.7. The van der Waals surface area contributed by atoms with Gasteiger partial charge in [0, 0.05) is 9.52 Å². The molecule has 0 aromatic heterocycles. The Balaban J connectivity index is 0.000000221. The van der Waals surface area contributed by atoms with Gasteiger partial charge < -0.3 is 0 Å². The molecular weight excluding hydrogens is 707 g/mol. The summed E-state index contributed by atoms with van der Waals surface area (Å²) in [6, 6.07) is 42.5. The molecule has 244 valence electrons. The van der Waals surface area contributed by atoms with E-state index in [1.807, 2.05) is 0 Å². The molecule has 0 saturated carbocycles. The monoisotopic (exact) mass is 754 g/mol. The zero-order valence-corrected chi connectivity index (χ0v) is 34.2. The van der Waals surface area contributed by atoms with Crippen molar-refractivity contribution < 1.29 is 20.8 Å². The quantitative estimate of drug-likeness (QED) is 0.112. The average molecular weight is 757 g/mol. The van der Waals surface area contributed by atoms with E-state index < -0.39 is 20.8 Å². The van der Waals surface area contributed by atoms with Gasteiger partial charge in [0.2, 0.25) is 0 Å². The van der Waals surface area contributed by atoms with Gasteiger partial charge in [0.05, 0.1) is 0 Å². The van der Waals surface area contributed by atoms with Crippen molar-refractivity contribution in [3.63, 3.8) is 0 Å². The number of hydrogen-bond donors (Lipinski definition) is 0. The van der Waals surface area contributed by atoms with Crippen LogP contribution in [0.5, 0.6) is 0 Å². The van der Waals surface area contributed by atoms with E-state index in [0.717, 1.165) is 9.52 Å². The fourth-order valence-corrected chi connectivity index (χ4v) is 5.78. The molecule has 6 aromatic rings. The second kappa shape index (κ2) is 20.3. The SMILES string of the molecule is CC(C)(C)c1ccc(-c2cccc3[cH-]ccc23)cc1.CCCCc1cc2c(-c3ccc(CCC)cc3)cccc2[cH-]1.C[Si]C.[Cl][Zr+2][Cl]. The van der Waals surface area contributed by atoms with Gasteiger partial charge in [-0.3, -0.25) is 0 Å². The summed E-state index contributed by atoms with van der Waals surface area (Å²) in [6.45, 7) is 15.5. The Labute approximate surface area is 306 Å². The summed E-state index contributed by atoms with van der Waals surface area (Å²) in [6.07, 6.45) is 6.10. The summed E-state index contributed by atoms with van der Waals surface area (Å²) < 4.78 is 0. The van der Waals surface area contributed by atoms with Crippen LogP contribution in [0.2, 0.25) is 13.1 Å². The molecule has 0 saturated heterocycles. The Morgan fingerprint density at radius 1 is 0.681 bits per heavy atom. The summed E-state index contributed by atoms with van der Waals surface area (Å²) in [5.41, 5.74) is 9.82. The van der Waals surface area contributed by atoms with Gasteiger partial charge in [-0.15, -0.1) is 63.5 Å². The molecule has 0 unspecified atom stereocenters. The maximum atomic E-state index is 4.93. The van der Waals surface area contributed by atoms with Crippen LogP contribution in [0.15, 0.2) is 115 Å². The van der Waals surface area contributed by atoms with Crippen LogP contribution in [-0.4, -0.2) is 9.52 Å². The van der Waals surface area contributed by atoms with Gasteiger partial charge >= 0.3 is 37.9 Å². The minimum atomic E-state index is -0.826.